The number of rotatable bonds is 6. The van der Waals surface area contributed by atoms with Crippen molar-refractivity contribution in [3.8, 4) is 5.75 Å². The maximum atomic E-state index is 13.1. The van der Waals surface area contributed by atoms with Crippen LogP contribution in [0.3, 0.4) is 0 Å². The van der Waals surface area contributed by atoms with Crippen molar-refractivity contribution >= 4 is 21.6 Å². The van der Waals surface area contributed by atoms with E-state index in [1.165, 1.54) is 23.5 Å². The van der Waals surface area contributed by atoms with Crippen LogP contribution in [-0.4, -0.2) is 41.3 Å². The zero-order valence-electron chi connectivity index (χ0n) is 16.5. The predicted octanol–water partition coefficient (Wildman–Crippen LogP) is 3.78. The van der Waals surface area contributed by atoms with Gasteiger partial charge in [0.05, 0.1) is 23.4 Å². The highest BCUT2D eigenvalue weighted by molar-refractivity contribution is 7.16. The lowest BCUT2D eigenvalue weighted by atomic mass is 9.96. The number of halogens is 1. The average molecular weight is 416 g/mol. The van der Waals surface area contributed by atoms with E-state index in [2.05, 4.69) is 9.47 Å². The fourth-order valence-electron chi connectivity index (χ4n) is 4.02. The molecule has 1 atom stereocenters. The molecule has 1 saturated heterocycles. The highest BCUT2D eigenvalue weighted by Crippen LogP contribution is 2.26. The van der Waals surface area contributed by atoms with Crippen molar-refractivity contribution in [1.82, 2.24) is 9.47 Å². The molecule has 0 bridgehead atoms. The molecule has 0 radical (unpaired) electrons. The van der Waals surface area contributed by atoms with E-state index in [1.54, 1.807) is 19.2 Å². The number of hydrogen-bond acceptors (Lipinski definition) is 5. The Kier molecular flexibility index (Phi) is 5.99. The number of hydrogen-bond donors (Lipinski definition) is 2. The van der Waals surface area contributed by atoms with Crippen molar-refractivity contribution in [2.45, 2.75) is 25.5 Å². The SMILES string of the molecule is COc1ccc2c(c1)sc(=N)n2CC1CCN(CC(O)c2ccc(F)cc2)CC1. The number of nitrogens with one attached hydrogen (secondary N) is 1. The average Bonchev–Trinajstić information content (AvgIpc) is 3.04. The van der Waals surface area contributed by atoms with Crippen LogP contribution in [0.4, 0.5) is 4.39 Å². The molecule has 3 aromatic rings. The minimum absolute atomic E-state index is 0.285. The smallest absolute Gasteiger partial charge is 0.182 e. The molecule has 154 valence electrons. The topological polar surface area (TPSA) is 61.5 Å². The molecule has 1 aliphatic rings. The summed E-state index contributed by atoms with van der Waals surface area (Å²) in [5, 5.41) is 18.8. The second-order valence-electron chi connectivity index (χ2n) is 7.66. The summed E-state index contributed by atoms with van der Waals surface area (Å²) in [5.74, 6) is 1.05. The van der Waals surface area contributed by atoms with Crippen molar-refractivity contribution in [3.63, 3.8) is 0 Å². The summed E-state index contributed by atoms with van der Waals surface area (Å²) in [6.07, 6.45) is 1.48. The predicted molar refractivity (Wildman–Crippen MR) is 113 cm³/mol. The Bertz CT molecular complexity index is 1020. The summed E-state index contributed by atoms with van der Waals surface area (Å²) in [6, 6.07) is 12.1. The number of benzene rings is 2. The molecule has 0 amide bonds. The highest BCUT2D eigenvalue weighted by Gasteiger charge is 2.23. The summed E-state index contributed by atoms with van der Waals surface area (Å²) in [5.41, 5.74) is 1.85. The number of β-amino-alcohol motifs (C(OH)–C–C–N with tert-alkyl or cyclic N) is 1. The number of likely N-dealkylation sites (tertiary alicyclic amines) is 1. The molecule has 0 aliphatic carbocycles. The van der Waals surface area contributed by atoms with Crippen molar-refractivity contribution in [3.05, 3.63) is 58.6 Å². The van der Waals surface area contributed by atoms with E-state index in [0.717, 1.165) is 54.0 Å². The van der Waals surface area contributed by atoms with Gasteiger partial charge in [0.1, 0.15) is 11.6 Å². The van der Waals surface area contributed by atoms with E-state index in [9.17, 15) is 9.50 Å². The summed E-state index contributed by atoms with van der Waals surface area (Å²) < 4.78 is 21.5. The molecule has 0 spiro atoms. The van der Waals surface area contributed by atoms with Gasteiger partial charge in [-0.25, -0.2) is 4.39 Å². The number of aromatic nitrogens is 1. The fraction of sp³-hybridized carbons (Fsp3) is 0.409. The van der Waals surface area contributed by atoms with Crippen LogP contribution in [0.1, 0.15) is 24.5 Å². The fourth-order valence-corrected chi connectivity index (χ4v) is 4.97. The molecular formula is C22H26FN3O2S. The van der Waals surface area contributed by atoms with Gasteiger partial charge in [-0.3, -0.25) is 5.41 Å². The van der Waals surface area contributed by atoms with Gasteiger partial charge >= 0.3 is 0 Å². The molecule has 2 aromatic carbocycles. The van der Waals surface area contributed by atoms with Gasteiger partial charge < -0.3 is 19.3 Å². The van der Waals surface area contributed by atoms with Gasteiger partial charge in [0.2, 0.25) is 0 Å². The van der Waals surface area contributed by atoms with E-state index in [4.69, 9.17) is 10.1 Å². The first-order valence-electron chi connectivity index (χ1n) is 9.91. The number of ether oxygens (including phenoxy) is 1. The normalized spacial score (nSPS) is 16.9. The first kappa shape index (κ1) is 20.1. The number of aliphatic hydroxyl groups is 1. The molecule has 0 saturated carbocycles. The van der Waals surface area contributed by atoms with Crippen LogP contribution in [0, 0.1) is 17.1 Å². The van der Waals surface area contributed by atoms with E-state index in [0.29, 0.717) is 17.3 Å². The molecular weight excluding hydrogens is 389 g/mol. The first-order chi connectivity index (χ1) is 14.0. The van der Waals surface area contributed by atoms with Gasteiger partial charge in [0, 0.05) is 13.1 Å². The van der Waals surface area contributed by atoms with Crippen LogP contribution in [0.2, 0.25) is 0 Å². The number of methoxy groups -OCH3 is 1. The molecule has 1 aromatic heterocycles. The maximum Gasteiger partial charge on any atom is 0.182 e. The van der Waals surface area contributed by atoms with Crippen LogP contribution in [0.25, 0.3) is 10.2 Å². The van der Waals surface area contributed by atoms with Crippen LogP contribution in [0.15, 0.2) is 42.5 Å². The third kappa shape index (κ3) is 4.52. The number of thiazole rings is 1. The summed E-state index contributed by atoms with van der Waals surface area (Å²) in [7, 11) is 1.66. The van der Waals surface area contributed by atoms with E-state index >= 15 is 0 Å². The Morgan fingerprint density at radius 2 is 1.93 bits per heavy atom. The van der Waals surface area contributed by atoms with Gasteiger partial charge in [-0.05, 0) is 67.7 Å². The Labute approximate surface area is 173 Å². The zero-order chi connectivity index (χ0) is 20.4. The quantitative estimate of drug-likeness (QED) is 0.644. The molecule has 4 rings (SSSR count). The van der Waals surface area contributed by atoms with E-state index in [1.807, 2.05) is 18.2 Å². The van der Waals surface area contributed by atoms with Crippen LogP contribution in [-0.2, 0) is 6.54 Å². The minimum atomic E-state index is -0.600. The monoisotopic (exact) mass is 415 g/mol. The Morgan fingerprint density at radius 3 is 2.62 bits per heavy atom. The standard InChI is InChI=1S/C22H26FN3O2S/c1-28-18-6-7-19-21(12-18)29-22(24)26(19)13-15-8-10-25(11-9-15)14-20(27)16-2-4-17(23)5-3-16/h2-7,12,15,20,24,27H,8-11,13-14H2,1H3. The van der Waals surface area contributed by atoms with Gasteiger partial charge in [0.15, 0.2) is 4.80 Å². The van der Waals surface area contributed by atoms with E-state index < -0.39 is 6.10 Å². The number of aliphatic hydroxyl groups excluding tert-OH is 1. The van der Waals surface area contributed by atoms with Crippen LogP contribution in [0.5, 0.6) is 5.75 Å². The van der Waals surface area contributed by atoms with Crippen LogP contribution < -0.4 is 9.54 Å². The molecule has 1 unspecified atom stereocenters. The maximum absolute atomic E-state index is 13.1. The number of nitrogens with zero attached hydrogens (tertiary/aromatic N) is 2. The minimum Gasteiger partial charge on any atom is -0.497 e. The summed E-state index contributed by atoms with van der Waals surface area (Å²) >= 11 is 1.48. The number of fused-ring (bicyclic) bond motifs is 1. The first-order valence-corrected chi connectivity index (χ1v) is 10.7. The lowest BCUT2D eigenvalue weighted by Gasteiger charge is -2.33. The van der Waals surface area contributed by atoms with Gasteiger partial charge in [-0.1, -0.05) is 23.5 Å². The second kappa shape index (κ2) is 8.65. The summed E-state index contributed by atoms with van der Waals surface area (Å²) in [6.45, 7) is 3.26. The van der Waals surface area contributed by atoms with Crippen LogP contribution >= 0.6 is 11.3 Å². The number of piperidine rings is 1. The van der Waals surface area contributed by atoms with Gasteiger partial charge in [-0.2, -0.15) is 0 Å². The Balaban J connectivity index is 1.35. The third-order valence-corrected chi connectivity index (χ3v) is 6.70. The second-order valence-corrected chi connectivity index (χ2v) is 8.69. The molecule has 7 heteroatoms. The van der Waals surface area contributed by atoms with E-state index in [-0.39, 0.29) is 5.82 Å². The molecule has 2 heterocycles. The zero-order valence-corrected chi connectivity index (χ0v) is 17.3. The van der Waals surface area contributed by atoms with Crippen molar-refractivity contribution in [2.24, 2.45) is 5.92 Å². The van der Waals surface area contributed by atoms with Crippen molar-refractivity contribution < 1.29 is 14.2 Å². The molecule has 2 N–H and O–H groups in total. The lowest BCUT2D eigenvalue weighted by Crippen LogP contribution is -2.38. The van der Waals surface area contributed by atoms with Crippen molar-refractivity contribution in [2.75, 3.05) is 26.7 Å². The molecule has 1 aliphatic heterocycles. The molecule has 29 heavy (non-hydrogen) atoms. The largest absolute Gasteiger partial charge is 0.497 e. The Morgan fingerprint density at radius 1 is 1.21 bits per heavy atom. The van der Waals surface area contributed by atoms with Gasteiger partial charge in [0.25, 0.3) is 0 Å². The van der Waals surface area contributed by atoms with Gasteiger partial charge in [-0.15, -0.1) is 0 Å². The lowest BCUT2D eigenvalue weighted by molar-refractivity contribution is 0.0867. The molecule has 1 fully saturated rings. The highest BCUT2D eigenvalue weighted by atomic mass is 32.1. The third-order valence-electron chi connectivity index (χ3n) is 5.74. The summed E-state index contributed by atoms with van der Waals surface area (Å²) in [4.78, 5) is 2.84. The van der Waals surface area contributed by atoms with Crippen molar-refractivity contribution in [1.29, 1.82) is 5.41 Å². The Hall–Kier alpha value is -2.22. The molecule has 5 nitrogen and oxygen atoms in total.